The molecule has 70 valence electrons. The molecule has 0 spiro atoms. The highest BCUT2D eigenvalue weighted by atomic mass is 35.5. The molecule has 0 aromatic heterocycles. The Morgan fingerprint density at radius 1 is 1.17 bits per heavy atom. The molecule has 2 saturated heterocycles. The van der Waals surface area contributed by atoms with E-state index in [1.165, 1.54) is 19.5 Å². The van der Waals surface area contributed by atoms with Crippen molar-refractivity contribution in [1.82, 2.24) is 5.32 Å². The molecule has 0 bridgehead atoms. The van der Waals surface area contributed by atoms with Gasteiger partial charge in [-0.2, -0.15) is 0 Å². The fraction of sp³-hybridized carbons (Fsp3) is 0.778. The van der Waals surface area contributed by atoms with Crippen molar-refractivity contribution in [2.75, 3.05) is 26.3 Å². The topological polar surface area (TPSA) is 21.3 Å². The molecule has 0 aromatic rings. The average molecular weight is 190 g/mol. The van der Waals surface area contributed by atoms with E-state index in [0.717, 1.165) is 19.1 Å². The van der Waals surface area contributed by atoms with Gasteiger partial charge in [0.05, 0.1) is 6.61 Å². The van der Waals surface area contributed by atoms with E-state index in [0.29, 0.717) is 5.92 Å². The summed E-state index contributed by atoms with van der Waals surface area (Å²) in [7, 11) is 0. The predicted molar refractivity (Wildman–Crippen MR) is 51.7 cm³/mol. The van der Waals surface area contributed by atoms with Crippen LogP contribution in [-0.2, 0) is 4.74 Å². The van der Waals surface area contributed by atoms with Crippen LogP contribution < -0.4 is 5.32 Å². The summed E-state index contributed by atoms with van der Waals surface area (Å²) in [4.78, 5) is 0. The third-order valence-electron chi connectivity index (χ3n) is 2.43. The van der Waals surface area contributed by atoms with Crippen LogP contribution >= 0.6 is 12.4 Å². The lowest BCUT2D eigenvalue weighted by Crippen LogP contribution is -2.40. The second-order valence-corrected chi connectivity index (χ2v) is 3.43. The SMILES string of the molecule is C(=C\C1CCOC1)/C1CNC1.Cl. The summed E-state index contributed by atoms with van der Waals surface area (Å²) in [6, 6.07) is 0. The van der Waals surface area contributed by atoms with Crippen LogP contribution in [0.4, 0.5) is 0 Å². The fourth-order valence-corrected chi connectivity index (χ4v) is 1.47. The molecule has 3 heteroatoms. The Hall–Kier alpha value is -0.0500. The molecule has 2 heterocycles. The Balaban J connectivity index is 0.000000720. The highest BCUT2D eigenvalue weighted by Gasteiger charge is 2.15. The van der Waals surface area contributed by atoms with Gasteiger partial charge in [-0.1, -0.05) is 12.2 Å². The molecule has 1 N–H and O–H groups in total. The zero-order valence-electron chi connectivity index (χ0n) is 7.16. The summed E-state index contributed by atoms with van der Waals surface area (Å²) in [5.74, 6) is 1.51. The molecule has 0 aliphatic carbocycles. The standard InChI is InChI=1S/C9H15NO.ClH/c1(2-9-5-10-6-9)8-3-4-11-7-8;/h1-2,8-10H,3-7H2;1H/b2-1+;. The van der Waals surface area contributed by atoms with Gasteiger partial charge in [0.25, 0.3) is 0 Å². The van der Waals surface area contributed by atoms with Crippen LogP contribution in [0, 0.1) is 11.8 Å². The van der Waals surface area contributed by atoms with E-state index < -0.39 is 0 Å². The molecule has 1 atom stereocenters. The van der Waals surface area contributed by atoms with Crippen LogP contribution in [0.3, 0.4) is 0 Å². The maximum absolute atomic E-state index is 5.27. The summed E-state index contributed by atoms with van der Waals surface area (Å²) < 4.78 is 5.27. The van der Waals surface area contributed by atoms with Gasteiger partial charge in [0, 0.05) is 31.5 Å². The molecule has 2 rings (SSSR count). The summed E-state index contributed by atoms with van der Waals surface area (Å²) in [6.45, 7) is 4.24. The van der Waals surface area contributed by atoms with Crippen molar-refractivity contribution in [2.45, 2.75) is 6.42 Å². The lowest BCUT2D eigenvalue weighted by atomic mass is 10.00. The first kappa shape index (κ1) is 10.0. The second-order valence-electron chi connectivity index (χ2n) is 3.43. The van der Waals surface area contributed by atoms with Crippen LogP contribution in [0.15, 0.2) is 12.2 Å². The van der Waals surface area contributed by atoms with Gasteiger partial charge >= 0.3 is 0 Å². The molecule has 2 aliphatic rings. The first-order valence-corrected chi connectivity index (χ1v) is 4.42. The minimum absolute atomic E-state index is 0. The van der Waals surface area contributed by atoms with E-state index in [1.807, 2.05) is 0 Å². The van der Waals surface area contributed by atoms with Crippen LogP contribution in [0.1, 0.15) is 6.42 Å². The van der Waals surface area contributed by atoms with Crippen LogP contribution in [0.2, 0.25) is 0 Å². The molecule has 2 nitrogen and oxygen atoms in total. The third-order valence-corrected chi connectivity index (χ3v) is 2.43. The first-order chi connectivity index (χ1) is 5.45. The Morgan fingerprint density at radius 3 is 2.42 bits per heavy atom. The first-order valence-electron chi connectivity index (χ1n) is 4.42. The number of rotatable bonds is 2. The Bertz CT molecular complexity index is 151. The zero-order chi connectivity index (χ0) is 7.52. The third kappa shape index (κ3) is 2.47. The largest absolute Gasteiger partial charge is 0.381 e. The zero-order valence-corrected chi connectivity index (χ0v) is 7.98. The van der Waals surface area contributed by atoms with Crippen molar-refractivity contribution >= 4 is 12.4 Å². The molecular weight excluding hydrogens is 174 g/mol. The lowest BCUT2D eigenvalue weighted by Gasteiger charge is -2.23. The lowest BCUT2D eigenvalue weighted by molar-refractivity contribution is 0.191. The van der Waals surface area contributed by atoms with Gasteiger partial charge in [0.2, 0.25) is 0 Å². The van der Waals surface area contributed by atoms with Gasteiger partial charge in [0.1, 0.15) is 0 Å². The van der Waals surface area contributed by atoms with E-state index in [-0.39, 0.29) is 12.4 Å². The minimum Gasteiger partial charge on any atom is -0.381 e. The highest BCUT2D eigenvalue weighted by Crippen LogP contribution is 2.15. The molecular formula is C9H16ClNO. The van der Waals surface area contributed by atoms with Crippen molar-refractivity contribution in [3.05, 3.63) is 12.2 Å². The van der Waals surface area contributed by atoms with Crippen molar-refractivity contribution in [3.63, 3.8) is 0 Å². The summed E-state index contributed by atoms with van der Waals surface area (Å²) in [6.07, 6.45) is 5.89. The summed E-state index contributed by atoms with van der Waals surface area (Å²) >= 11 is 0. The second kappa shape index (κ2) is 4.85. The molecule has 2 aliphatic heterocycles. The molecule has 0 saturated carbocycles. The van der Waals surface area contributed by atoms with E-state index in [9.17, 15) is 0 Å². The van der Waals surface area contributed by atoms with E-state index in [4.69, 9.17) is 4.74 Å². The molecule has 1 unspecified atom stereocenters. The van der Waals surface area contributed by atoms with Crippen molar-refractivity contribution in [3.8, 4) is 0 Å². The maximum Gasteiger partial charge on any atom is 0.0529 e. The average Bonchev–Trinajstić information content (AvgIpc) is 2.36. The predicted octanol–water partition coefficient (Wildman–Crippen LogP) is 1.22. The summed E-state index contributed by atoms with van der Waals surface area (Å²) in [5.41, 5.74) is 0. The van der Waals surface area contributed by atoms with Crippen LogP contribution in [0.25, 0.3) is 0 Å². The monoisotopic (exact) mass is 189 g/mol. The molecule has 2 fully saturated rings. The molecule has 12 heavy (non-hydrogen) atoms. The normalized spacial score (nSPS) is 30.2. The number of hydrogen-bond donors (Lipinski definition) is 1. The molecule has 0 aromatic carbocycles. The van der Waals surface area contributed by atoms with Gasteiger partial charge < -0.3 is 10.1 Å². The van der Waals surface area contributed by atoms with E-state index >= 15 is 0 Å². The Kier molecular flexibility index (Phi) is 4.06. The smallest absolute Gasteiger partial charge is 0.0529 e. The van der Waals surface area contributed by atoms with E-state index in [2.05, 4.69) is 17.5 Å². The van der Waals surface area contributed by atoms with Crippen molar-refractivity contribution < 1.29 is 4.74 Å². The number of nitrogens with one attached hydrogen (secondary N) is 1. The fourth-order valence-electron chi connectivity index (χ4n) is 1.47. The van der Waals surface area contributed by atoms with Gasteiger partial charge in [-0.25, -0.2) is 0 Å². The Morgan fingerprint density at radius 2 is 1.92 bits per heavy atom. The quantitative estimate of drug-likeness (QED) is 0.660. The van der Waals surface area contributed by atoms with Gasteiger partial charge in [0.15, 0.2) is 0 Å². The number of halogens is 1. The number of hydrogen-bond acceptors (Lipinski definition) is 2. The van der Waals surface area contributed by atoms with Crippen molar-refractivity contribution in [2.24, 2.45) is 11.8 Å². The van der Waals surface area contributed by atoms with Gasteiger partial charge in [-0.05, 0) is 6.42 Å². The maximum atomic E-state index is 5.27. The Labute approximate surface area is 79.8 Å². The van der Waals surface area contributed by atoms with E-state index in [1.54, 1.807) is 0 Å². The summed E-state index contributed by atoms with van der Waals surface area (Å²) in [5, 5.41) is 3.25. The minimum atomic E-state index is 0. The van der Waals surface area contributed by atoms with Gasteiger partial charge in [-0.3, -0.25) is 0 Å². The number of ether oxygens (including phenoxy) is 1. The van der Waals surface area contributed by atoms with Crippen LogP contribution in [-0.4, -0.2) is 26.3 Å². The molecule has 0 amide bonds. The van der Waals surface area contributed by atoms with Crippen LogP contribution in [0.5, 0.6) is 0 Å². The highest BCUT2D eigenvalue weighted by molar-refractivity contribution is 5.85. The molecule has 0 radical (unpaired) electrons. The van der Waals surface area contributed by atoms with Gasteiger partial charge in [-0.15, -0.1) is 12.4 Å². The van der Waals surface area contributed by atoms with Crippen molar-refractivity contribution in [1.29, 1.82) is 0 Å².